The standard InChI is InChI=1S/C31H38F5N5O4/c1-2-30(32,33)27-26(45-25(39-27)13-10-20-6-5-7-21(18-20)31(34,35)36)28(42)38-22-11-12-24(37-19-22)40-14-16-41(17-15-40)29(43)44-23-8-3-4-9-23/h2,11-12,19-21,23H,1,3-10,13-18H2,(H,38,42). The average Bonchev–Trinajstić information content (AvgIpc) is 3.71. The summed E-state index contributed by atoms with van der Waals surface area (Å²) in [6, 6.07) is 3.25. The van der Waals surface area contributed by atoms with Crippen molar-refractivity contribution in [2.45, 2.75) is 82.4 Å². The Kier molecular flexibility index (Phi) is 9.97. The summed E-state index contributed by atoms with van der Waals surface area (Å²) in [4.78, 5) is 37.4. The fourth-order valence-electron chi connectivity index (χ4n) is 6.30. The van der Waals surface area contributed by atoms with Crippen molar-refractivity contribution in [3.63, 3.8) is 0 Å². The highest BCUT2D eigenvalue weighted by molar-refractivity contribution is 6.03. The highest BCUT2D eigenvalue weighted by atomic mass is 19.4. The van der Waals surface area contributed by atoms with Crippen LogP contribution in [0.15, 0.2) is 35.4 Å². The number of hydrogen-bond donors (Lipinski definition) is 1. The van der Waals surface area contributed by atoms with Crippen LogP contribution in [0.25, 0.3) is 0 Å². The van der Waals surface area contributed by atoms with Gasteiger partial charge in [0.1, 0.15) is 11.9 Å². The summed E-state index contributed by atoms with van der Waals surface area (Å²) in [5.41, 5.74) is -0.676. The van der Waals surface area contributed by atoms with Crippen LogP contribution in [0.1, 0.15) is 79.9 Å². The summed E-state index contributed by atoms with van der Waals surface area (Å²) in [5, 5.41) is 2.51. The number of alkyl halides is 5. The number of oxazole rings is 1. The number of pyridine rings is 1. The molecule has 1 N–H and O–H groups in total. The van der Waals surface area contributed by atoms with Gasteiger partial charge in [-0.25, -0.2) is 14.8 Å². The third-order valence-corrected chi connectivity index (χ3v) is 8.90. The Hall–Kier alpha value is -3.71. The van der Waals surface area contributed by atoms with Gasteiger partial charge in [0.05, 0.1) is 17.8 Å². The second-order valence-electron chi connectivity index (χ2n) is 12.0. The molecule has 2 aromatic heterocycles. The lowest BCUT2D eigenvalue weighted by Gasteiger charge is -2.35. The van der Waals surface area contributed by atoms with E-state index in [4.69, 9.17) is 9.15 Å². The van der Waals surface area contributed by atoms with Gasteiger partial charge < -0.3 is 24.3 Å². The third kappa shape index (κ3) is 8.12. The number of amides is 2. The van der Waals surface area contributed by atoms with Crippen LogP contribution in [-0.4, -0.2) is 65.3 Å². The van der Waals surface area contributed by atoms with E-state index >= 15 is 0 Å². The maximum Gasteiger partial charge on any atom is 0.410 e. The van der Waals surface area contributed by atoms with E-state index in [1.807, 2.05) is 4.90 Å². The lowest BCUT2D eigenvalue weighted by molar-refractivity contribution is -0.185. The molecule has 246 valence electrons. The second-order valence-corrected chi connectivity index (χ2v) is 12.0. The van der Waals surface area contributed by atoms with E-state index < -0.39 is 35.4 Å². The van der Waals surface area contributed by atoms with Gasteiger partial charge in [0.25, 0.3) is 5.91 Å². The summed E-state index contributed by atoms with van der Waals surface area (Å²) >= 11 is 0. The molecular formula is C31H38F5N5O4. The number of rotatable bonds is 9. The molecule has 0 aromatic carbocycles. The van der Waals surface area contributed by atoms with Crippen molar-refractivity contribution in [3.8, 4) is 0 Å². The molecule has 5 rings (SSSR count). The van der Waals surface area contributed by atoms with Crippen LogP contribution < -0.4 is 10.2 Å². The molecule has 45 heavy (non-hydrogen) atoms. The number of ether oxygens (including phenoxy) is 1. The number of halogens is 5. The zero-order valence-electron chi connectivity index (χ0n) is 25.0. The number of nitrogens with one attached hydrogen (secondary N) is 1. The minimum Gasteiger partial charge on any atom is -0.446 e. The smallest absolute Gasteiger partial charge is 0.410 e. The fourth-order valence-corrected chi connectivity index (χ4v) is 6.30. The van der Waals surface area contributed by atoms with Gasteiger partial charge in [0.15, 0.2) is 11.6 Å². The predicted molar refractivity (Wildman–Crippen MR) is 155 cm³/mol. The first kappa shape index (κ1) is 32.7. The topological polar surface area (TPSA) is 101 Å². The molecule has 2 amide bonds. The highest BCUT2D eigenvalue weighted by Gasteiger charge is 2.42. The Morgan fingerprint density at radius 1 is 1.04 bits per heavy atom. The van der Waals surface area contributed by atoms with Crippen molar-refractivity contribution in [2.75, 3.05) is 36.4 Å². The summed E-state index contributed by atoms with van der Waals surface area (Å²) < 4.78 is 80.0. The average molecular weight is 640 g/mol. The van der Waals surface area contributed by atoms with Crippen LogP contribution in [0.3, 0.4) is 0 Å². The number of allylic oxidation sites excluding steroid dienone is 1. The van der Waals surface area contributed by atoms with Gasteiger partial charge in [0.2, 0.25) is 5.76 Å². The first-order valence-electron chi connectivity index (χ1n) is 15.5. The zero-order chi connectivity index (χ0) is 32.2. The molecule has 2 unspecified atom stereocenters. The maximum absolute atomic E-state index is 14.7. The van der Waals surface area contributed by atoms with Crippen LogP contribution in [0, 0.1) is 11.8 Å². The summed E-state index contributed by atoms with van der Waals surface area (Å²) in [6.07, 6.45) is 2.52. The van der Waals surface area contributed by atoms with E-state index in [-0.39, 0.29) is 55.4 Å². The second kappa shape index (κ2) is 13.7. The molecule has 0 radical (unpaired) electrons. The van der Waals surface area contributed by atoms with Gasteiger partial charge in [-0.15, -0.1) is 0 Å². The Morgan fingerprint density at radius 2 is 1.78 bits per heavy atom. The minimum atomic E-state index is -4.27. The van der Waals surface area contributed by atoms with Crippen LogP contribution >= 0.6 is 0 Å². The first-order valence-corrected chi connectivity index (χ1v) is 15.5. The van der Waals surface area contributed by atoms with Gasteiger partial charge in [-0.05, 0) is 69.1 Å². The van der Waals surface area contributed by atoms with Crippen molar-refractivity contribution in [1.29, 1.82) is 0 Å². The number of aromatic nitrogens is 2. The number of piperazine rings is 1. The van der Waals surface area contributed by atoms with E-state index in [0.717, 1.165) is 25.7 Å². The van der Waals surface area contributed by atoms with Gasteiger partial charge in [0, 0.05) is 32.6 Å². The van der Waals surface area contributed by atoms with E-state index in [0.29, 0.717) is 50.9 Å². The number of carbonyl (C=O) groups excluding carboxylic acids is 2. The van der Waals surface area contributed by atoms with Crippen molar-refractivity contribution in [3.05, 3.63) is 48.3 Å². The molecule has 3 heterocycles. The predicted octanol–water partition coefficient (Wildman–Crippen LogP) is 7.10. The Balaban J connectivity index is 1.18. The number of hydrogen-bond acceptors (Lipinski definition) is 7. The molecule has 2 saturated carbocycles. The molecule has 1 saturated heterocycles. The first-order chi connectivity index (χ1) is 21.4. The van der Waals surface area contributed by atoms with Crippen LogP contribution in [-0.2, 0) is 17.1 Å². The Morgan fingerprint density at radius 3 is 2.42 bits per heavy atom. The molecule has 9 nitrogen and oxygen atoms in total. The van der Waals surface area contributed by atoms with E-state index in [2.05, 4.69) is 21.9 Å². The molecule has 3 aliphatic rings. The third-order valence-electron chi connectivity index (χ3n) is 8.90. The zero-order valence-corrected chi connectivity index (χ0v) is 25.0. The number of nitrogens with zero attached hydrogens (tertiary/aromatic N) is 4. The molecule has 14 heteroatoms. The fraction of sp³-hybridized carbons (Fsp3) is 0.613. The summed E-state index contributed by atoms with van der Waals surface area (Å²) in [7, 11) is 0. The van der Waals surface area contributed by atoms with E-state index in [1.165, 1.54) is 6.20 Å². The van der Waals surface area contributed by atoms with E-state index in [1.54, 1.807) is 17.0 Å². The number of carbonyl (C=O) groups is 2. The molecular weight excluding hydrogens is 601 g/mol. The molecule has 2 atom stereocenters. The van der Waals surface area contributed by atoms with Gasteiger partial charge in [-0.3, -0.25) is 4.79 Å². The summed E-state index contributed by atoms with van der Waals surface area (Å²) in [6.45, 7) is 5.16. The van der Waals surface area contributed by atoms with Gasteiger partial charge >= 0.3 is 18.2 Å². The molecule has 3 fully saturated rings. The quantitative estimate of drug-likeness (QED) is 0.231. The van der Waals surface area contributed by atoms with Crippen molar-refractivity contribution in [2.24, 2.45) is 11.8 Å². The largest absolute Gasteiger partial charge is 0.446 e. The van der Waals surface area contributed by atoms with Gasteiger partial charge in [-0.2, -0.15) is 22.0 Å². The molecule has 1 aliphatic heterocycles. The highest BCUT2D eigenvalue weighted by Crippen LogP contribution is 2.41. The van der Waals surface area contributed by atoms with Crippen molar-refractivity contribution < 1.29 is 40.7 Å². The van der Waals surface area contributed by atoms with E-state index in [9.17, 15) is 31.5 Å². The lowest BCUT2D eigenvalue weighted by Crippen LogP contribution is -2.49. The SMILES string of the molecule is C=CC(F)(F)c1nc(CCC2CCCC(C(F)(F)F)C2)oc1C(=O)Nc1ccc(N2CCN(C(=O)OC3CCCC3)CC2)nc1. The van der Waals surface area contributed by atoms with Crippen molar-refractivity contribution in [1.82, 2.24) is 14.9 Å². The Labute approximate surface area is 258 Å². The van der Waals surface area contributed by atoms with Crippen LogP contribution in [0.2, 0.25) is 0 Å². The molecule has 0 bridgehead atoms. The normalized spacial score (nSPS) is 21.5. The lowest BCUT2D eigenvalue weighted by atomic mass is 9.79. The molecule has 0 spiro atoms. The maximum atomic E-state index is 14.7. The molecule has 2 aliphatic carbocycles. The van der Waals surface area contributed by atoms with Gasteiger partial charge in [-0.1, -0.05) is 19.4 Å². The summed E-state index contributed by atoms with van der Waals surface area (Å²) in [5.74, 6) is -6.50. The Bertz CT molecular complexity index is 1330. The van der Waals surface area contributed by atoms with Crippen LogP contribution in [0.5, 0.6) is 0 Å². The number of aryl methyl sites for hydroxylation is 1. The number of anilines is 2. The monoisotopic (exact) mass is 639 g/mol. The minimum absolute atomic E-state index is 0.00103. The molecule has 2 aromatic rings. The van der Waals surface area contributed by atoms with Crippen molar-refractivity contribution >= 4 is 23.5 Å². The van der Waals surface area contributed by atoms with Crippen LogP contribution in [0.4, 0.5) is 38.3 Å².